The van der Waals surface area contributed by atoms with E-state index in [0.717, 1.165) is 61.3 Å². The maximum absolute atomic E-state index is 13.5. The van der Waals surface area contributed by atoms with E-state index in [1.165, 1.54) is 42.7 Å². The van der Waals surface area contributed by atoms with Gasteiger partial charge in [0.05, 0.1) is 5.70 Å². The first-order valence-corrected chi connectivity index (χ1v) is 11.9. The number of rotatable bonds is 9. The highest BCUT2D eigenvalue weighted by Gasteiger charge is 2.22. The largest absolute Gasteiger partial charge is 0.334 e. The van der Waals surface area contributed by atoms with Crippen molar-refractivity contribution in [2.75, 3.05) is 19.6 Å². The van der Waals surface area contributed by atoms with Crippen LogP contribution in [0.3, 0.4) is 0 Å². The summed E-state index contributed by atoms with van der Waals surface area (Å²) in [5.41, 5.74) is 12.5. The van der Waals surface area contributed by atoms with Crippen molar-refractivity contribution in [3.8, 4) is 0 Å². The summed E-state index contributed by atoms with van der Waals surface area (Å²) in [5.74, 6) is -0.526. The first kappa shape index (κ1) is 22.7. The number of hydrogen-bond acceptors (Lipinski definition) is 5. The highest BCUT2D eigenvalue weighted by Crippen LogP contribution is 2.33. The maximum atomic E-state index is 13.5. The Kier molecular flexibility index (Phi) is 7.71. The minimum Gasteiger partial charge on any atom is -0.334 e. The van der Waals surface area contributed by atoms with Crippen LogP contribution in [0.15, 0.2) is 71.1 Å². The topological polar surface area (TPSA) is 51.5 Å². The summed E-state index contributed by atoms with van der Waals surface area (Å²) >= 11 is 1.71. The first-order valence-electron chi connectivity index (χ1n) is 11.1. The average Bonchev–Trinajstić information content (AvgIpc) is 3.64. The van der Waals surface area contributed by atoms with Crippen molar-refractivity contribution < 1.29 is 8.78 Å². The van der Waals surface area contributed by atoms with Crippen LogP contribution in [0.4, 0.5) is 8.78 Å². The molecule has 2 N–H and O–H groups in total. The van der Waals surface area contributed by atoms with Crippen molar-refractivity contribution >= 4 is 17.5 Å². The van der Waals surface area contributed by atoms with Gasteiger partial charge in [-0.25, -0.2) is 14.3 Å². The quantitative estimate of drug-likeness (QED) is 0.335. The molecule has 2 fully saturated rings. The summed E-state index contributed by atoms with van der Waals surface area (Å²) in [6.07, 6.45) is 6.92. The lowest BCUT2D eigenvalue weighted by atomic mass is 9.88. The van der Waals surface area contributed by atoms with E-state index in [0.29, 0.717) is 5.25 Å². The summed E-state index contributed by atoms with van der Waals surface area (Å²) in [7, 11) is 0. The minimum absolute atomic E-state index is 0.263. The highest BCUT2D eigenvalue weighted by atomic mass is 32.2. The zero-order valence-corrected chi connectivity index (χ0v) is 18.8. The molecule has 0 spiro atoms. The van der Waals surface area contributed by atoms with Crippen LogP contribution in [0.5, 0.6) is 0 Å². The van der Waals surface area contributed by atoms with E-state index in [2.05, 4.69) is 14.7 Å². The van der Waals surface area contributed by atoms with Crippen molar-refractivity contribution in [1.82, 2.24) is 9.62 Å². The van der Waals surface area contributed by atoms with E-state index in [-0.39, 0.29) is 11.6 Å². The Labute approximate surface area is 192 Å². The SMILES string of the molecule is N=N/C(=C\NSC1CC1)CCN1CCC(=C(c2ccc(F)cc2)c2ccc(F)cc2)CC1. The summed E-state index contributed by atoms with van der Waals surface area (Å²) in [4.78, 5) is 2.39. The molecule has 0 radical (unpaired) electrons. The van der Waals surface area contributed by atoms with Crippen LogP contribution in [0.25, 0.3) is 5.57 Å². The summed E-state index contributed by atoms with van der Waals surface area (Å²) in [6.45, 7) is 2.69. The fourth-order valence-electron chi connectivity index (χ4n) is 3.92. The van der Waals surface area contributed by atoms with Crippen molar-refractivity contribution in [2.24, 2.45) is 5.11 Å². The van der Waals surface area contributed by atoms with Crippen LogP contribution in [0, 0.1) is 17.2 Å². The Morgan fingerprint density at radius 3 is 2.06 bits per heavy atom. The van der Waals surface area contributed by atoms with Gasteiger partial charge in [0.15, 0.2) is 0 Å². The van der Waals surface area contributed by atoms with Crippen molar-refractivity contribution in [3.05, 3.63) is 88.8 Å². The number of benzene rings is 2. The monoisotopic (exact) mass is 454 g/mol. The van der Waals surface area contributed by atoms with Gasteiger partial charge in [0.1, 0.15) is 11.6 Å². The van der Waals surface area contributed by atoms with Crippen LogP contribution in [-0.4, -0.2) is 29.8 Å². The Hall–Kier alpha value is -2.51. The predicted molar refractivity (Wildman–Crippen MR) is 126 cm³/mol. The zero-order chi connectivity index (χ0) is 22.3. The molecule has 1 aliphatic heterocycles. The van der Waals surface area contributed by atoms with Gasteiger partial charge >= 0.3 is 0 Å². The smallest absolute Gasteiger partial charge is 0.123 e. The average molecular weight is 455 g/mol. The van der Waals surface area contributed by atoms with Gasteiger partial charge in [-0.3, -0.25) is 0 Å². The number of hydrogen-bond donors (Lipinski definition) is 2. The Morgan fingerprint density at radius 2 is 1.56 bits per heavy atom. The van der Waals surface area contributed by atoms with Gasteiger partial charge < -0.3 is 9.62 Å². The lowest BCUT2D eigenvalue weighted by molar-refractivity contribution is 0.259. The maximum Gasteiger partial charge on any atom is 0.123 e. The molecular formula is C25H28F2N4S. The Balaban J connectivity index is 1.42. The Bertz CT molecular complexity index is 925. The van der Waals surface area contributed by atoms with E-state index >= 15 is 0 Å². The first-order chi connectivity index (χ1) is 15.6. The fourth-order valence-corrected chi connectivity index (χ4v) is 4.69. The second kappa shape index (κ2) is 10.9. The fraction of sp³-hybridized carbons (Fsp3) is 0.360. The molecule has 0 atom stereocenters. The Morgan fingerprint density at radius 1 is 1.00 bits per heavy atom. The molecule has 7 heteroatoms. The van der Waals surface area contributed by atoms with Crippen molar-refractivity contribution in [2.45, 2.75) is 37.4 Å². The van der Waals surface area contributed by atoms with E-state index in [1.807, 2.05) is 6.20 Å². The van der Waals surface area contributed by atoms with E-state index in [4.69, 9.17) is 5.53 Å². The molecule has 1 aliphatic carbocycles. The van der Waals surface area contributed by atoms with Gasteiger partial charge in [-0.15, -0.1) is 0 Å². The number of nitrogens with one attached hydrogen (secondary N) is 2. The summed E-state index contributed by atoms with van der Waals surface area (Å²) in [5, 5.41) is 4.37. The third kappa shape index (κ3) is 6.26. The molecule has 2 aromatic rings. The molecule has 32 heavy (non-hydrogen) atoms. The number of likely N-dealkylation sites (tertiary alicyclic amines) is 1. The zero-order valence-electron chi connectivity index (χ0n) is 18.0. The number of halogens is 2. The van der Waals surface area contributed by atoms with Crippen molar-refractivity contribution in [1.29, 1.82) is 5.53 Å². The third-order valence-corrected chi connectivity index (χ3v) is 6.95. The van der Waals surface area contributed by atoms with E-state index in [1.54, 1.807) is 36.2 Å². The normalized spacial score (nSPS) is 17.3. The van der Waals surface area contributed by atoms with Crippen molar-refractivity contribution in [3.63, 3.8) is 0 Å². The van der Waals surface area contributed by atoms with Gasteiger partial charge in [-0.05, 0) is 78.6 Å². The van der Waals surface area contributed by atoms with E-state index < -0.39 is 0 Å². The standard InChI is InChI=1S/C25H28F2N4S/c26-21-5-1-18(2-6-21)25(19-3-7-22(27)8-4-19)20-11-14-31(15-12-20)16-13-23(30-28)17-29-32-24-9-10-24/h1-8,17,24,28-29H,9-16H2/b23-17-,30-28?. The summed E-state index contributed by atoms with van der Waals surface area (Å²) in [6, 6.07) is 13.1. The number of piperidine rings is 1. The lowest BCUT2D eigenvalue weighted by Gasteiger charge is -2.30. The highest BCUT2D eigenvalue weighted by molar-refractivity contribution is 7.98. The molecule has 2 aliphatic rings. The molecular weight excluding hydrogens is 426 g/mol. The van der Waals surface area contributed by atoms with Gasteiger partial charge in [0, 0.05) is 37.5 Å². The molecule has 1 heterocycles. The predicted octanol–water partition coefficient (Wildman–Crippen LogP) is 6.53. The molecule has 0 unspecified atom stereocenters. The van der Waals surface area contributed by atoms with Gasteiger partial charge in [0.2, 0.25) is 0 Å². The number of nitrogens with zero attached hydrogens (tertiary/aromatic N) is 2. The lowest BCUT2D eigenvalue weighted by Crippen LogP contribution is -2.32. The molecule has 1 saturated carbocycles. The van der Waals surface area contributed by atoms with Crippen LogP contribution >= 0.6 is 11.9 Å². The van der Waals surface area contributed by atoms with Gasteiger partial charge in [0.25, 0.3) is 0 Å². The summed E-state index contributed by atoms with van der Waals surface area (Å²) < 4.78 is 30.2. The van der Waals surface area contributed by atoms with Gasteiger partial charge in [-0.2, -0.15) is 5.11 Å². The molecule has 4 nitrogen and oxygen atoms in total. The molecule has 4 rings (SSSR count). The second-order valence-electron chi connectivity index (χ2n) is 8.27. The molecule has 1 saturated heterocycles. The molecule has 0 amide bonds. The molecule has 0 aromatic heterocycles. The second-order valence-corrected chi connectivity index (χ2v) is 9.40. The molecule has 168 valence electrons. The van der Waals surface area contributed by atoms with Crippen LogP contribution < -0.4 is 4.72 Å². The third-order valence-electron chi connectivity index (χ3n) is 5.89. The van der Waals surface area contributed by atoms with Crippen LogP contribution in [-0.2, 0) is 0 Å². The van der Waals surface area contributed by atoms with Crippen LogP contribution in [0.2, 0.25) is 0 Å². The molecule has 0 bridgehead atoms. The molecule has 2 aromatic carbocycles. The minimum atomic E-state index is -0.263. The van der Waals surface area contributed by atoms with Crippen LogP contribution in [0.1, 0.15) is 43.2 Å². The van der Waals surface area contributed by atoms with E-state index in [9.17, 15) is 8.78 Å². The van der Waals surface area contributed by atoms with Gasteiger partial charge in [-0.1, -0.05) is 29.8 Å².